The third kappa shape index (κ3) is 7.12. The number of rotatable bonds is 7. The molecular formula is C23H35N5S. The molecule has 29 heavy (non-hydrogen) atoms. The molecule has 1 fully saturated rings. The number of hydrogen-bond donors (Lipinski definition) is 2. The summed E-state index contributed by atoms with van der Waals surface area (Å²) >= 11 is 1.78. The zero-order valence-electron chi connectivity index (χ0n) is 18.1. The van der Waals surface area contributed by atoms with Crippen molar-refractivity contribution < 1.29 is 0 Å². The lowest BCUT2D eigenvalue weighted by molar-refractivity contribution is 0.277. The maximum atomic E-state index is 4.60. The number of aromatic nitrogens is 1. The van der Waals surface area contributed by atoms with E-state index >= 15 is 0 Å². The first kappa shape index (κ1) is 21.8. The van der Waals surface area contributed by atoms with Crippen LogP contribution in [-0.4, -0.2) is 42.5 Å². The highest BCUT2D eigenvalue weighted by atomic mass is 32.1. The van der Waals surface area contributed by atoms with Gasteiger partial charge in [0.05, 0.1) is 10.7 Å². The van der Waals surface area contributed by atoms with E-state index in [1.165, 1.54) is 59.8 Å². The average Bonchev–Trinajstić information content (AvgIpc) is 2.90. The lowest BCUT2D eigenvalue weighted by atomic mass is 10.1. The minimum absolute atomic E-state index is 0.777. The lowest BCUT2D eigenvalue weighted by Gasteiger charge is -2.20. The van der Waals surface area contributed by atoms with Crippen molar-refractivity contribution in [1.82, 2.24) is 20.5 Å². The van der Waals surface area contributed by atoms with Crippen molar-refractivity contribution in [2.75, 3.05) is 26.7 Å². The van der Waals surface area contributed by atoms with E-state index < -0.39 is 0 Å². The number of hydrogen-bond acceptors (Lipinski definition) is 4. The zero-order valence-corrected chi connectivity index (χ0v) is 18.9. The summed E-state index contributed by atoms with van der Waals surface area (Å²) in [7, 11) is 1.82. The largest absolute Gasteiger partial charge is 0.356 e. The van der Waals surface area contributed by atoms with E-state index in [0.717, 1.165) is 37.7 Å². The van der Waals surface area contributed by atoms with Crippen LogP contribution >= 0.6 is 11.3 Å². The molecule has 1 saturated heterocycles. The number of aliphatic imine (C=N–C) groups is 1. The van der Waals surface area contributed by atoms with Gasteiger partial charge in [0, 0.05) is 38.0 Å². The Morgan fingerprint density at radius 1 is 1.03 bits per heavy atom. The van der Waals surface area contributed by atoms with Crippen LogP contribution in [0.2, 0.25) is 0 Å². The second kappa shape index (κ2) is 11.3. The molecule has 3 rings (SSSR count). The van der Waals surface area contributed by atoms with Crippen LogP contribution in [0.3, 0.4) is 0 Å². The molecule has 1 aromatic heterocycles. The van der Waals surface area contributed by atoms with E-state index in [1.54, 1.807) is 11.3 Å². The van der Waals surface area contributed by atoms with E-state index in [1.807, 2.05) is 7.05 Å². The van der Waals surface area contributed by atoms with E-state index in [9.17, 15) is 0 Å². The van der Waals surface area contributed by atoms with Crippen LogP contribution in [-0.2, 0) is 19.5 Å². The van der Waals surface area contributed by atoms with Crippen LogP contribution in [0.15, 0.2) is 29.3 Å². The zero-order chi connectivity index (χ0) is 20.5. The molecule has 0 aliphatic carbocycles. The number of likely N-dealkylation sites (tertiary alicyclic amines) is 1. The standard InChI is InChI=1S/C23H35N5S/c1-18-19(2)29-22(27-18)12-13-25-23(24-3)26-16-20-8-10-21(11-9-20)17-28-14-6-4-5-7-15-28/h8-11H,4-7,12-17H2,1-3H3,(H2,24,25,26). The Hall–Kier alpha value is -1.92. The number of thiazole rings is 1. The number of nitrogens with zero attached hydrogens (tertiary/aromatic N) is 3. The molecule has 1 aromatic carbocycles. The molecule has 5 nitrogen and oxygen atoms in total. The fourth-order valence-corrected chi connectivity index (χ4v) is 4.59. The van der Waals surface area contributed by atoms with Crippen molar-refractivity contribution in [1.29, 1.82) is 0 Å². The maximum Gasteiger partial charge on any atom is 0.191 e. The molecule has 158 valence electrons. The molecule has 6 heteroatoms. The molecule has 0 bridgehead atoms. The van der Waals surface area contributed by atoms with Crippen molar-refractivity contribution >= 4 is 17.3 Å². The summed E-state index contributed by atoms with van der Waals surface area (Å²) in [6.07, 6.45) is 6.39. The Morgan fingerprint density at radius 3 is 2.34 bits per heavy atom. The van der Waals surface area contributed by atoms with Gasteiger partial charge < -0.3 is 10.6 Å². The molecule has 1 aliphatic heterocycles. The van der Waals surface area contributed by atoms with Crippen molar-refractivity contribution in [3.63, 3.8) is 0 Å². The highest BCUT2D eigenvalue weighted by molar-refractivity contribution is 7.11. The summed E-state index contributed by atoms with van der Waals surface area (Å²) in [4.78, 5) is 12.8. The van der Waals surface area contributed by atoms with Crippen molar-refractivity contribution in [3.8, 4) is 0 Å². The number of aryl methyl sites for hydroxylation is 2. The second-order valence-electron chi connectivity index (χ2n) is 7.86. The normalized spacial score (nSPS) is 15.9. The molecule has 1 aliphatic rings. The summed E-state index contributed by atoms with van der Waals surface area (Å²) in [5.74, 6) is 0.837. The molecule has 0 amide bonds. The van der Waals surface area contributed by atoms with Gasteiger partial charge in [-0.15, -0.1) is 11.3 Å². The van der Waals surface area contributed by atoms with E-state index in [0.29, 0.717) is 0 Å². The van der Waals surface area contributed by atoms with Gasteiger partial charge in [0.25, 0.3) is 0 Å². The first-order valence-electron chi connectivity index (χ1n) is 10.8. The Morgan fingerprint density at radius 2 is 1.72 bits per heavy atom. The Kier molecular flexibility index (Phi) is 8.50. The SMILES string of the molecule is CN=C(NCCc1nc(C)c(C)s1)NCc1ccc(CN2CCCCCC2)cc1. The number of guanidine groups is 1. The smallest absolute Gasteiger partial charge is 0.191 e. The van der Waals surface area contributed by atoms with Crippen LogP contribution in [0.5, 0.6) is 0 Å². The van der Waals surface area contributed by atoms with Crippen molar-refractivity contribution in [3.05, 3.63) is 51.0 Å². The van der Waals surface area contributed by atoms with Gasteiger partial charge in [-0.05, 0) is 50.9 Å². The van der Waals surface area contributed by atoms with Gasteiger partial charge in [0.1, 0.15) is 0 Å². The summed E-state index contributed by atoms with van der Waals surface area (Å²) in [6.45, 7) is 9.37. The first-order valence-corrected chi connectivity index (χ1v) is 11.6. The molecule has 2 N–H and O–H groups in total. The molecule has 0 atom stereocenters. The van der Waals surface area contributed by atoms with E-state index in [4.69, 9.17) is 0 Å². The molecular weight excluding hydrogens is 378 g/mol. The van der Waals surface area contributed by atoms with Crippen LogP contribution in [0.25, 0.3) is 0 Å². The summed E-state index contributed by atoms with van der Waals surface area (Å²) in [5, 5.41) is 7.98. The summed E-state index contributed by atoms with van der Waals surface area (Å²) < 4.78 is 0. The molecule has 2 heterocycles. The molecule has 2 aromatic rings. The Labute approximate surface area is 179 Å². The van der Waals surface area contributed by atoms with Gasteiger partial charge in [0.2, 0.25) is 0 Å². The maximum absolute atomic E-state index is 4.60. The van der Waals surface area contributed by atoms with Crippen molar-refractivity contribution in [2.24, 2.45) is 4.99 Å². The first-order chi connectivity index (χ1) is 14.1. The topological polar surface area (TPSA) is 52.6 Å². The van der Waals surface area contributed by atoms with Gasteiger partial charge in [0.15, 0.2) is 5.96 Å². The van der Waals surface area contributed by atoms with Crippen LogP contribution in [0, 0.1) is 13.8 Å². The second-order valence-corrected chi connectivity index (χ2v) is 9.15. The molecule has 0 saturated carbocycles. The summed E-state index contributed by atoms with van der Waals surface area (Å²) in [5.41, 5.74) is 3.83. The predicted octanol–water partition coefficient (Wildman–Crippen LogP) is 4.04. The van der Waals surface area contributed by atoms with Gasteiger partial charge in [-0.3, -0.25) is 9.89 Å². The Balaban J connectivity index is 1.40. The third-order valence-electron chi connectivity index (χ3n) is 5.52. The minimum Gasteiger partial charge on any atom is -0.356 e. The Bertz CT molecular complexity index is 754. The monoisotopic (exact) mass is 413 g/mol. The fourth-order valence-electron chi connectivity index (χ4n) is 3.66. The quantitative estimate of drug-likeness (QED) is 0.531. The molecule has 0 radical (unpaired) electrons. The molecule has 0 spiro atoms. The highest BCUT2D eigenvalue weighted by Gasteiger charge is 2.09. The summed E-state index contributed by atoms with van der Waals surface area (Å²) in [6, 6.07) is 9.00. The predicted molar refractivity (Wildman–Crippen MR) is 124 cm³/mol. The average molecular weight is 414 g/mol. The third-order valence-corrected chi connectivity index (χ3v) is 6.65. The van der Waals surface area contributed by atoms with Gasteiger partial charge >= 0.3 is 0 Å². The highest BCUT2D eigenvalue weighted by Crippen LogP contribution is 2.16. The van der Waals surface area contributed by atoms with Crippen LogP contribution < -0.4 is 10.6 Å². The van der Waals surface area contributed by atoms with Crippen LogP contribution in [0.1, 0.15) is 52.4 Å². The minimum atomic E-state index is 0.777. The number of benzene rings is 1. The van der Waals surface area contributed by atoms with Crippen LogP contribution in [0.4, 0.5) is 0 Å². The van der Waals surface area contributed by atoms with Gasteiger partial charge in [-0.25, -0.2) is 4.98 Å². The van der Waals surface area contributed by atoms with Gasteiger partial charge in [-0.2, -0.15) is 0 Å². The van der Waals surface area contributed by atoms with E-state index in [-0.39, 0.29) is 0 Å². The lowest BCUT2D eigenvalue weighted by Crippen LogP contribution is -2.37. The number of nitrogens with one attached hydrogen (secondary N) is 2. The molecule has 0 unspecified atom stereocenters. The van der Waals surface area contributed by atoms with E-state index in [2.05, 4.69) is 63.6 Å². The van der Waals surface area contributed by atoms with Gasteiger partial charge in [-0.1, -0.05) is 37.1 Å². The van der Waals surface area contributed by atoms with Crippen molar-refractivity contribution in [2.45, 2.75) is 59.0 Å². The fraction of sp³-hybridized carbons (Fsp3) is 0.565.